The Morgan fingerprint density at radius 3 is 2.57 bits per heavy atom. The van der Waals surface area contributed by atoms with Crippen LogP contribution in [0.4, 0.5) is 4.39 Å². The van der Waals surface area contributed by atoms with Crippen molar-refractivity contribution in [2.45, 2.75) is 0 Å². The van der Waals surface area contributed by atoms with Gasteiger partial charge in [-0.3, -0.25) is 4.79 Å². The van der Waals surface area contributed by atoms with Gasteiger partial charge in [-0.2, -0.15) is 0 Å². The van der Waals surface area contributed by atoms with Crippen LogP contribution in [0.5, 0.6) is 0 Å². The molecule has 1 amide bonds. The van der Waals surface area contributed by atoms with Crippen LogP contribution in [0.2, 0.25) is 0 Å². The maximum Gasteiger partial charge on any atom is 0.280 e. The zero-order chi connectivity index (χ0) is 14.8. The fraction of sp³-hybridized carbons (Fsp3) is 0.286. The number of hydrogen-bond donors (Lipinski definition) is 0. The highest BCUT2D eigenvalue weighted by atomic mass is 32.2. The number of carbonyl (C=O) groups is 1. The molecular weight excluding hydrogens is 311 g/mol. The predicted octanol–water partition coefficient (Wildman–Crippen LogP) is 2.27. The van der Waals surface area contributed by atoms with E-state index in [0.717, 1.165) is 5.56 Å². The lowest BCUT2D eigenvalue weighted by Crippen LogP contribution is -2.50. The van der Waals surface area contributed by atoms with E-state index in [4.69, 9.17) is 17.0 Å². The molecule has 1 aromatic carbocycles. The van der Waals surface area contributed by atoms with Crippen molar-refractivity contribution in [1.29, 1.82) is 0 Å². The van der Waals surface area contributed by atoms with Crippen LogP contribution in [0.3, 0.4) is 0 Å². The molecule has 0 bridgehead atoms. The summed E-state index contributed by atoms with van der Waals surface area (Å²) in [4.78, 5) is 13.0. The molecule has 0 atom stereocenters. The summed E-state index contributed by atoms with van der Waals surface area (Å²) in [6.45, 7) is 2.48. The van der Waals surface area contributed by atoms with Crippen molar-refractivity contribution >= 4 is 40.3 Å². The smallest absolute Gasteiger partial charge is 0.280 e. The van der Waals surface area contributed by atoms with Gasteiger partial charge in [-0.1, -0.05) is 36.1 Å². The second-order valence-corrected chi connectivity index (χ2v) is 6.29. The number of thiocarbonyl (C=S) groups is 1. The second-order valence-electron chi connectivity index (χ2n) is 4.61. The average Bonchev–Trinajstić information content (AvgIpc) is 2.77. The van der Waals surface area contributed by atoms with Gasteiger partial charge in [0.2, 0.25) is 0 Å². The quantitative estimate of drug-likeness (QED) is 0.616. The summed E-state index contributed by atoms with van der Waals surface area (Å²) in [6.07, 6.45) is 1.74. The largest absolute Gasteiger partial charge is 0.379 e. The third-order valence-corrected chi connectivity index (χ3v) is 4.49. The zero-order valence-electron chi connectivity index (χ0n) is 11.1. The number of benzene rings is 1. The van der Waals surface area contributed by atoms with Gasteiger partial charge in [0.05, 0.1) is 18.1 Å². The van der Waals surface area contributed by atoms with E-state index in [-0.39, 0.29) is 11.7 Å². The number of hydrogen-bond acceptors (Lipinski definition) is 5. The normalized spacial score (nSPS) is 22.3. The first-order chi connectivity index (χ1) is 10.1. The van der Waals surface area contributed by atoms with Crippen molar-refractivity contribution in [3.63, 3.8) is 0 Å². The van der Waals surface area contributed by atoms with Gasteiger partial charge in [0.1, 0.15) is 5.82 Å². The molecule has 2 fully saturated rings. The zero-order valence-corrected chi connectivity index (χ0v) is 12.8. The van der Waals surface area contributed by atoms with Gasteiger partial charge in [-0.25, -0.2) is 14.4 Å². The Balaban J connectivity index is 1.80. The first-order valence-electron chi connectivity index (χ1n) is 6.51. The molecule has 0 spiro atoms. The molecular formula is C14H13FN2O2S2. The molecule has 0 radical (unpaired) electrons. The van der Waals surface area contributed by atoms with E-state index in [1.165, 1.54) is 28.9 Å². The summed E-state index contributed by atoms with van der Waals surface area (Å²) < 4.78 is 18.7. The monoisotopic (exact) mass is 324 g/mol. The van der Waals surface area contributed by atoms with E-state index >= 15 is 0 Å². The number of amides is 1. The number of carbonyl (C=O) groups excluding carboxylic acids is 1. The summed E-state index contributed by atoms with van der Waals surface area (Å²) in [7, 11) is 0. The molecule has 3 rings (SSSR count). The predicted molar refractivity (Wildman–Crippen MR) is 83.8 cm³/mol. The Morgan fingerprint density at radius 2 is 1.90 bits per heavy atom. The van der Waals surface area contributed by atoms with E-state index in [1.807, 2.05) is 5.01 Å². The molecule has 2 aliphatic rings. The standard InChI is InChI=1S/C14H13FN2O2S2/c15-11-3-1-10(2-4-11)9-12-13(18)17(14(20)21-12)16-5-7-19-8-6-16/h1-4,9H,5-8H2. The first kappa shape index (κ1) is 14.6. The van der Waals surface area contributed by atoms with Gasteiger partial charge in [0.25, 0.3) is 5.91 Å². The molecule has 0 aliphatic carbocycles. The average molecular weight is 324 g/mol. The lowest BCUT2D eigenvalue weighted by Gasteiger charge is -2.33. The fourth-order valence-electron chi connectivity index (χ4n) is 2.17. The third kappa shape index (κ3) is 3.16. The Morgan fingerprint density at radius 1 is 1.24 bits per heavy atom. The minimum Gasteiger partial charge on any atom is -0.379 e. The molecule has 0 N–H and O–H groups in total. The van der Waals surface area contributed by atoms with Gasteiger partial charge in [-0.15, -0.1) is 0 Å². The lowest BCUT2D eigenvalue weighted by molar-refractivity contribution is -0.138. The Kier molecular flexibility index (Phi) is 4.34. The molecule has 2 aliphatic heterocycles. The summed E-state index contributed by atoms with van der Waals surface area (Å²) >= 11 is 6.56. The summed E-state index contributed by atoms with van der Waals surface area (Å²) in [6, 6.07) is 6.01. The summed E-state index contributed by atoms with van der Waals surface area (Å²) in [5, 5.41) is 3.45. The molecule has 0 aromatic heterocycles. The molecule has 2 heterocycles. The Labute approximate surface area is 131 Å². The van der Waals surface area contributed by atoms with Crippen LogP contribution in [0.25, 0.3) is 6.08 Å². The van der Waals surface area contributed by atoms with Gasteiger partial charge in [0, 0.05) is 13.1 Å². The van der Waals surface area contributed by atoms with Crippen LogP contribution in [-0.4, -0.2) is 46.5 Å². The lowest BCUT2D eigenvalue weighted by atomic mass is 10.2. The molecule has 2 saturated heterocycles. The van der Waals surface area contributed by atoms with Crippen molar-refractivity contribution in [2.75, 3.05) is 26.3 Å². The van der Waals surface area contributed by atoms with Crippen LogP contribution in [-0.2, 0) is 9.53 Å². The Bertz CT molecular complexity index is 597. The molecule has 0 saturated carbocycles. The maximum atomic E-state index is 12.9. The van der Waals surface area contributed by atoms with E-state index < -0.39 is 0 Å². The maximum absolute atomic E-state index is 12.9. The summed E-state index contributed by atoms with van der Waals surface area (Å²) in [5.41, 5.74) is 0.777. The number of rotatable bonds is 2. The highest BCUT2D eigenvalue weighted by Gasteiger charge is 2.36. The topological polar surface area (TPSA) is 32.8 Å². The minimum atomic E-state index is -0.298. The van der Waals surface area contributed by atoms with Crippen LogP contribution in [0, 0.1) is 5.82 Å². The summed E-state index contributed by atoms with van der Waals surface area (Å²) in [5.74, 6) is -0.427. The van der Waals surface area contributed by atoms with Crippen LogP contribution in [0.1, 0.15) is 5.56 Å². The second kappa shape index (κ2) is 6.23. The minimum absolute atomic E-state index is 0.128. The van der Waals surface area contributed by atoms with Crippen LogP contribution >= 0.6 is 24.0 Å². The van der Waals surface area contributed by atoms with Crippen LogP contribution < -0.4 is 0 Å². The van der Waals surface area contributed by atoms with Gasteiger partial charge < -0.3 is 4.74 Å². The Hall–Kier alpha value is -1.28. The van der Waals surface area contributed by atoms with E-state index in [2.05, 4.69) is 0 Å². The molecule has 7 heteroatoms. The molecule has 21 heavy (non-hydrogen) atoms. The molecule has 1 aromatic rings. The number of thioether (sulfide) groups is 1. The molecule has 110 valence electrons. The number of ether oxygens (including phenoxy) is 1. The fourth-order valence-corrected chi connectivity index (χ4v) is 3.48. The van der Waals surface area contributed by atoms with Crippen LogP contribution in [0.15, 0.2) is 29.2 Å². The van der Waals surface area contributed by atoms with E-state index in [9.17, 15) is 9.18 Å². The van der Waals surface area contributed by atoms with Gasteiger partial charge in [0.15, 0.2) is 4.32 Å². The molecule has 4 nitrogen and oxygen atoms in total. The van der Waals surface area contributed by atoms with Crippen molar-refractivity contribution in [2.24, 2.45) is 0 Å². The van der Waals surface area contributed by atoms with E-state index in [1.54, 1.807) is 18.2 Å². The highest BCUT2D eigenvalue weighted by Crippen LogP contribution is 2.33. The number of nitrogens with zero attached hydrogens (tertiary/aromatic N) is 2. The number of halogens is 1. The van der Waals surface area contributed by atoms with Crippen molar-refractivity contribution in [3.05, 3.63) is 40.6 Å². The van der Waals surface area contributed by atoms with Crippen molar-refractivity contribution in [1.82, 2.24) is 10.0 Å². The number of morpholine rings is 1. The SMILES string of the molecule is O=C1C(=Cc2ccc(F)cc2)SC(=S)N1N1CCOCC1. The van der Waals surface area contributed by atoms with Crippen molar-refractivity contribution in [3.8, 4) is 0 Å². The third-order valence-electron chi connectivity index (χ3n) is 3.21. The van der Waals surface area contributed by atoms with Crippen molar-refractivity contribution < 1.29 is 13.9 Å². The first-order valence-corrected chi connectivity index (χ1v) is 7.74. The highest BCUT2D eigenvalue weighted by molar-refractivity contribution is 8.26. The number of hydrazine groups is 1. The van der Waals surface area contributed by atoms with Gasteiger partial charge >= 0.3 is 0 Å². The van der Waals surface area contributed by atoms with Gasteiger partial charge in [-0.05, 0) is 23.8 Å². The molecule has 0 unspecified atom stereocenters. The van der Waals surface area contributed by atoms with E-state index in [0.29, 0.717) is 35.5 Å².